The van der Waals surface area contributed by atoms with Crippen LogP contribution in [0.4, 0.5) is 5.69 Å². The van der Waals surface area contributed by atoms with Crippen molar-refractivity contribution in [3.05, 3.63) is 28.2 Å². The standard InChI is InChI=1S/C14H18BrNO3/c1-4-9-7-10(15)5-6-11(9)16-12(17)8-14(2,3)13(18)19/h5-7H,4,8H2,1-3H3,(H,16,17)(H,18,19). The van der Waals surface area contributed by atoms with Crippen molar-refractivity contribution in [1.29, 1.82) is 0 Å². The number of carbonyl (C=O) groups is 2. The van der Waals surface area contributed by atoms with Gasteiger partial charge in [-0.2, -0.15) is 0 Å². The normalized spacial score (nSPS) is 11.2. The fourth-order valence-corrected chi connectivity index (χ4v) is 2.06. The van der Waals surface area contributed by atoms with Crippen LogP contribution in [0.2, 0.25) is 0 Å². The number of aryl methyl sites for hydroxylation is 1. The van der Waals surface area contributed by atoms with E-state index in [9.17, 15) is 9.59 Å². The van der Waals surface area contributed by atoms with Gasteiger partial charge in [0.15, 0.2) is 0 Å². The molecule has 0 unspecified atom stereocenters. The van der Waals surface area contributed by atoms with E-state index in [-0.39, 0.29) is 12.3 Å². The van der Waals surface area contributed by atoms with Crippen molar-refractivity contribution in [3.63, 3.8) is 0 Å². The first-order chi connectivity index (χ1) is 8.76. The lowest BCUT2D eigenvalue weighted by Gasteiger charge is -2.19. The zero-order valence-electron chi connectivity index (χ0n) is 11.3. The van der Waals surface area contributed by atoms with Crippen LogP contribution in [-0.4, -0.2) is 17.0 Å². The number of hydrogen-bond donors (Lipinski definition) is 2. The largest absolute Gasteiger partial charge is 0.481 e. The van der Waals surface area contributed by atoms with Gasteiger partial charge in [-0.05, 0) is 44.0 Å². The fraction of sp³-hybridized carbons (Fsp3) is 0.429. The summed E-state index contributed by atoms with van der Waals surface area (Å²) in [4.78, 5) is 22.9. The van der Waals surface area contributed by atoms with Gasteiger partial charge < -0.3 is 10.4 Å². The predicted molar refractivity (Wildman–Crippen MR) is 78.2 cm³/mol. The first-order valence-corrected chi connectivity index (χ1v) is 6.87. The Morgan fingerprint density at radius 1 is 1.37 bits per heavy atom. The quantitative estimate of drug-likeness (QED) is 0.870. The van der Waals surface area contributed by atoms with Crippen LogP contribution in [0.25, 0.3) is 0 Å². The van der Waals surface area contributed by atoms with E-state index in [0.29, 0.717) is 0 Å². The molecule has 104 valence electrons. The molecule has 0 bridgehead atoms. The number of rotatable bonds is 5. The van der Waals surface area contributed by atoms with Gasteiger partial charge in [0.25, 0.3) is 0 Å². The molecule has 0 radical (unpaired) electrons. The molecule has 0 saturated carbocycles. The van der Waals surface area contributed by atoms with Crippen molar-refractivity contribution in [2.24, 2.45) is 5.41 Å². The highest BCUT2D eigenvalue weighted by molar-refractivity contribution is 9.10. The zero-order chi connectivity index (χ0) is 14.6. The van der Waals surface area contributed by atoms with Crippen LogP contribution in [0.1, 0.15) is 32.8 Å². The Bertz CT molecular complexity index is 497. The molecule has 4 nitrogen and oxygen atoms in total. The highest BCUT2D eigenvalue weighted by Gasteiger charge is 2.30. The van der Waals surface area contributed by atoms with Crippen LogP contribution in [0, 0.1) is 5.41 Å². The highest BCUT2D eigenvalue weighted by atomic mass is 79.9. The lowest BCUT2D eigenvalue weighted by Crippen LogP contribution is -2.29. The summed E-state index contributed by atoms with van der Waals surface area (Å²) in [6, 6.07) is 5.60. The minimum Gasteiger partial charge on any atom is -0.481 e. The molecule has 0 spiro atoms. The van der Waals surface area contributed by atoms with E-state index in [4.69, 9.17) is 5.11 Å². The van der Waals surface area contributed by atoms with E-state index >= 15 is 0 Å². The summed E-state index contributed by atoms with van der Waals surface area (Å²) in [6.45, 7) is 5.08. The molecule has 1 aromatic carbocycles. The zero-order valence-corrected chi connectivity index (χ0v) is 12.9. The number of aliphatic carboxylic acids is 1. The maximum absolute atomic E-state index is 11.9. The molecule has 0 aliphatic carbocycles. The SMILES string of the molecule is CCc1cc(Br)ccc1NC(=O)CC(C)(C)C(=O)O. The Kier molecular flexibility index (Phi) is 5.11. The van der Waals surface area contributed by atoms with E-state index in [1.807, 2.05) is 25.1 Å². The molecule has 0 aromatic heterocycles. The number of carboxylic acid groups (broad SMARTS) is 1. The van der Waals surface area contributed by atoms with E-state index in [1.165, 1.54) is 13.8 Å². The molecule has 0 aliphatic heterocycles. The molecule has 19 heavy (non-hydrogen) atoms. The Labute approximate surface area is 121 Å². The number of anilines is 1. The van der Waals surface area contributed by atoms with Crippen LogP contribution in [0.5, 0.6) is 0 Å². The fourth-order valence-electron chi connectivity index (χ4n) is 1.65. The Hall–Kier alpha value is -1.36. The van der Waals surface area contributed by atoms with Gasteiger partial charge in [-0.25, -0.2) is 0 Å². The van der Waals surface area contributed by atoms with Gasteiger partial charge in [0, 0.05) is 16.6 Å². The average molecular weight is 328 g/mol. The van der Waals surface area contributed by atoms with E-state index < -0.39 is 11.4 Å². The van der Waals surface area contributed by atoms with Gasteiger partial charge >= 0.3 is 5.97 Å². The second-order valence-electron chi connectivity index (χ2n) is 5.07. The molecule has 1 amide bonds. The molecule has 1 aromatic rings. The first kappa shape index (κ1) is 15.7. The summed E-state index contributed by atoms with van der Waals surface area (Å²) < 4.78 is 0.952. The summed E-state index contributed by atoms with van der Waals surface area (Å²) >= 11 is 3.38. The molecule has 2 N–H and O–H groups in total. The average Bonchev–Trinajstić information content (AvgIpc) is 2.30. The van der Waals surface area contributed by atoms with Crippen LogP contribution in [-0.2, 0) is 16.0 Å². The number of carbonyl (C=O) groups excluding carboxylic acids is 1. The van der Waals surface area contributed by atoms with Crippen LogP contribution >= 0.6 is 15.9 Å². The minimum absolute atomic E-state index is 0.0540. The third-order valence-corrected chi connectivity index (χ3v) is 3.40. The number of benzene rings is 1. The van der Waals surface area contributed by atoms with Crippen molar-refractivity contribution < 1.29 is 14.7 Å². The molecule has 1 rings (SSSR count). The smallest absolute Gasteiger partial charge is 0.309 e. The summed E-state index contributed by atoms with van der Waals surface area (Å²) in [6.07, 6.45) is 0.735. The van der Waals surface area contributed by atoms with Gasteiger partial charge in [-0.15, -0.1) is 0 Å². The molecule has 0 aliphatic rings. The molecule has 5 heteroatoms. The van der Waals surface area contributed by atoms with Crippen LogP contribution in [0.15, 0.2) is 22.7 Å². The molecule has 0 saturated heterocycles. The lowest BCUT2D eigenvalue weighted by atomic mass is 9.89. The number of halogens is 1. The minimum atomic E-state index is -1.06. The number of amides is 1. The van der Waals surface area contributed by atoms with Gasteiger partial charge in [-0.3, -0.25) is 9.59 Å². The molecular weight excluding hydrogens is 310 g/mol. The predicted octanol–water partition coefficient (Wildman–Crippen LogP) is 3.45. The second-order valence-corrected chi connectivity index (χ2v) is 5.98. The van der Waals surface area contributed by atoms with Crippen molar-refractivity contribution in [3.8, 4) is 0 Å². The van der Waals surface area contributed by atoms with Crippen LogP contribution in [0.3, 0.4) is 0 Å². The maximum Gasteiger partial charge on any atom is 0.309 e. The van der Waals surface area contributed by atoms with E-state index in [0.717, 1.165) is 22.1 Å². The van der Waals surface area contributed by atoms with E-state index in [1.54, 1.807) is 0 Å². The summed E-state index contributed by atoms with van der Waals surface area (Å²) in [5.74, 6) is -1.27. The third kappa shape index (κ3) is 4.35. The monoisotopic (exact) mass is 327 g/mol. The molecular formula is C14H18BrNO3. The highest BCUT2D eigenvalue weighted by Crippen LogP contribution is 2.24. The number of hydrogen-bond acceptors (Lipinski definition) is 2. The molecule has 0 atom stereocenters. The summed E-state index contributed by atoms with van der Waals surface area (Å²) in [5.41, 5.74) is 0.680. The Morgan fingerprint density at radius 3 is 2.53 bits per heavy atom. The Morgan fingerprint density at radius 2 is 2.00 bits per heavy atom. The van der Waals surface area contributed by atoms with Crippen molar-refractivity contribution in [2.75, 3.05) is 5.32 Å². The maximum atomic E-state index is 11.9. The van der Waals surface area contributed by atoms with Gasteiger partial charge in [0.2, 0.25) is 5.91 Å². The molecule has 0 heterocycles. The number of carboxylic acids is 1. The van der Waals surface area contributed by atoms with Gasteiger partial charge in [-0.1, -0.05) is 22.9 Å². The second kappa shape index (κ2) is 6.19. The van der Waals surface area contributed by atoms with Crippen molar-refractivity contribution >= 4 is 33.5 Å². The summed E-state index contributed by atoms with van der Waals surface area (Å²) in [5, 5.41) is 11.8. The Balaban J connectivity index is 2.80. The van der Waals surface area contributed by atoms with E-state index in [2.05, 4.69) is 21.2 Å². The topological polar surface area (TPSA) is 66.4 Å². The van der Waals surface area contributed by atoms with Crippen LogP contribution < -0.4 is 5.32 Å². The first-order valence-electron chi connectivity index (χ1n) is 6.08. The summed E-state index contributed by atoms with van der Waals surface area (Å²) in [7, 11) is 0. The van der Waals surface area contributed by atoms with Crippen molar-refractivity contribution in [2.45, 2.75) is 33.6 Å². The van der Waals surface area contributed by atoms with Crippen molar-refractivity contribution in [1.82, 2.24) is 0 Å². The van der Waals surface area contributed by atoms with Gasteiger partial charge in [0.05, 0.1) is 5.41 Å². The number of nitrogens with one attached hydrogen (secondary N) is 1. The third-order valence-electron chi connectivity index (χ3n) is 2.90. The molecule has 0 fully saturated rings. The lowest BCUT2D eigenvalue weighted by molar-refractivity contribution is -0.148. The van der Waals surface area contributed by atoms with Gasteiger partial charge in [0.1, 0.15) is 0 Å².